The summed E-state index contributed by atoms with van der Waals surface area (Å²) in [5.74, 6) is 0. The molecule has 1 aromatic rings. The zero-order valence-corrected chi connectivity index (χ0v) is 8.12. The molecule has 4 nitrogen and oxygen atoms in total. The minimum atomic E-state index is 0. The molecule has 0 aromatic heterocycles. The second-order valence-corrected chi connectivity index (χ2v) is 1.85. The van der Waals surface area contributed by atoms with Crippen molar-refractivity contribution in [2.75, 3.05) is 17.2 Å². The van der Waals surface area contributed by atoms with Crippen LogP contribution in [-0.2, 0) is 0 Å². The summed E-state index contributed by atoms with van der Waals surface area (Å²) in [7, 11) is 0. The minimum absolute atomic E-state index is 0. The van der Waals surface area contributed by atoms with E-state index in [0.717, 1.165) is 0 Å². The molecule has 0 aliphatic carbocycles. The molecule has 12 heavy (non-hydrogen) atoms. The molecule has 72 valence electrons. The summed E-state index contributed by atoms with van der Waals surface area (Å²) in [6.45, 7) is 0. The van der Waals surface area contributed by atoms with Gasteiger partial charge in [-0.15, -0.1) is 24.8 Å². The van der Waals surface area contributed by atoms with Crippen LogP contribution in [0.25, 0.3) is 0 Å². The molecule has 0 saturated carbocycles. The highest BCUT2D eigenvalue weighted by atomic mass is 35.5. The van der Waals surface area contributed by atoms with Crippen molar-refractivity contribution in [3.8, 4) is 0 Å². The van der Waals surface area contributed by atoms with Gasteiger partial charge in [0.05, 0.1) is 17.1 Å². The Bertz CT molecular complexity index is 209. The zero-order chi connectivity index (χ0) is 6.85. The van der Waals surface area contributed by atoms with E-state index in [4.69, 9.17) is 17.2 Å². The number of para-hydroxylation sites is 1. The Labute approximate surface area is 83.9 Å². The monoisotopic (exact) mass is 212 g/mol. The van der Waals surface area contributed by atoms with Crippen LogP contribution in [0, 0.1) is 0 Å². The van der Waals surface area contributed by atoms with Crippen molar-refractivity contribution >= 4 is 41.9 Å². The van der Waals surface area contributed by atoms with Gasteiger partial charge in [0, 0.05) is 0 Å². The van der Waals surface area contributed by atoms with Gasteiger partial charge in [-0.3, -0.25) is 0 Å². The maximum atomic E-state index is 5.43. The van der Waals surface area contributed by atoms with Gasteiger partial charge in [0.15, 0.2) is 0 Å². The number of hydrogen-bond donors (Lipinski definition) is 4. The lowest BCUT2D eigenvalue weighted by molar-refractivity contribution is 1.65. The molecule has 1 aromatic carbocycles. The fourth-order valence-electron chi connectivity index (χ4n) is 0.602. The van der Waals surface area contributed by atoms with Gasteiger partial charge in [-0.1, -0.05) is 6.07 Å². The number of nitrogen functional groups attached to an aromatic ring is 3. The van der Waals surface area contributed by atoms with E-state index >= 15 is 0 Å². The molecule has 1 rings (SSSR count). The Kier molecular flexibility index (Phi) is 9.87. The van der Waals surface area contributed by atoms with Crippen LogP contribution in [0.2, 0.25) is 0 Å². The first-order chi connectivity index (χ1) is 4.22. The third-order valence-electron chi connectivity index (χ3n) is 1.17. The van der Waals surface area contributed by atoms with Gasteiger partial charge in [0.25, 0.3) is 0 Å². The molecule has 9 N–H and O–H groups in total. The molecule has 0 heterocycles. The van der Waals surface area contributed by atoms with E-state index in [1.807, 2.05) is 0 Å². The van der Waals surface area contributed by atoms with E-state index in [9.17, 15) is 0 Å². The Morgan fingerprint density at radius 3 is 1.42 bits per heavy atom. The number of benzene rings is 1. The van der Waals surface area contributed by atoms with Crippen LogP contribution in [-0.4, -0.2) is 0 Å². The van der Waals surface area contributed by atoms with E-state index in [0.29, 0.717) is 17.1 Å². The Morgan fingerprint density at radius 2 is 1.17 bits per heavy atom. The molecular formula is C6H14Cl2N4. The van der Waals surface area contributed by atoms with Crippen molar-refractivity contribution in [2.45, 2.75) is 0 Å². The Morgan fingerprint density at radius 1 is 0.833 bits per heavy atom. The second-order valence-electron chi connectivity index (χ2n) is 1.85. The summed E-state index contributed by atoms with van der Waals surface area (Å²) in [4.78, 5) is 0. The van der Waals surface area contributed by atoms with Crippen molar-refractivity contribution in [3.05, 3.63) is 18.2 Å². The van der Waals surface area contributed by atoms with E-state index in [2.05, 4.69) is 0 Å². The highest BCUT2D eigenvalue weighted by Gasteiger charge is 1.94. The number of hydrogen-bond acceptors (Lipinski definition) is 4. The maximum Gasteiger partial charge on any atom is 0.0781 e. The van der Waals surface area contributed by atoms with Gasteiger partial charge < -0.3 is 23.4 Å². The summed E-state index contributed by atoms with van der Waals surface area (Å²) in [6, 6.07) is 5.19. The molecule has 0 amide bonds. The lowest BCUT2D eigenvalue weighted by Gasteiger charge is -2.00. The van der Waals surface area contributed by atoms with Crippen LogP contribution in [0.3, 0.4) is 0 Å². The lowest BCUT2D eigenvalue weighted by atomic mass is 10.2. The summed E-state index contributed by atoms with van der Waals surface area (Å²) in [6.07, 6.45) is 0. The molecule has 0 aliphatic rings. The first-order valence-electron chi connectivity index (χ1n) is 2.61. The van der Waals surface area contributed by atoms with Crippen LogP contribution in [0.4, 0.5) is 17.1 Å². The zero-order valence-electron chi connectivity index (χ0n) is 6.49. The summed E-state index contributed by atoms with van der Waals surface area (Å²) >= 11 is 0. The Hall–Kier alpha value is -0.840. The van der Waals surface area contributed by atoms with Gasteiger partial charge >= 0.3 is 0 Å². The summed E-state index contributed by atoms with van der Waals surface area (Å²) in [5, 5.41) is 0. The molecule has 0 spiro atoms. The highest BCUT2D eigenvalue weighted by molar-refractivity contribution is 5.85. The van der Waals surface area contributed by atoms with Gasteiger partial charge in [-0.25, -0.2) is 0 Å². The molecule has 0 aliphatic heterocycles. The quantitative estimate of drug-likeness (QED) is 0.488. The van der Waals surface area contributed by atoms with Crippen molar-refractivity contribution < 1.29 is 0 Å². The van der Waals surface area contributed by atoms with Crippen LogP contribution < -0.4 is 23.4 Å². The number of rotatable bonds is 0. The average molecular weight is 213 g/mol. The van der Waals surface area contributed by atoms with Crippen LogP contribution in [0.5, 0.6) is 0 Å². The fourth-order valence-corrected chi connectivity index (χ4v) is 0.602. The van der Waals surface area contributed by atoms with Crippen molar-refractivity contribution in [3.63, 3.8) is 0 Å². The van der Waals surface area contributed by atoms with E-state index in [1.165, 1.54) is 0 Å². The smallest absolute Gasteiger partial charge is 0.0781 e. The largest absolute Gasteiger partial charge is 0.397 e. The van der Waals surface area contributed by atoms with Gasteiger partial charge in [0.1, 0.15) is 0 Å². The summed E-state index contributed by atoms with van der Waals surface area (Å²) < 4.78 is 0. The van der Waals surface area contributed by atoms with Gasteiger partial charge in [-0.2, -0.15) is 0 Å². The predicted octanol–water partition coefficient (Wildman–Crippen LogP) is 1.44. The second kappa shape index (κ2) is 6.84. The van der Waals surface area contributed by atoms with Crippen molar-refractivity contribution in [1.82, 2.24) is 6.15 Å². The fraction of sp³-hybridized carbons (Fsp3) is 0. The highest BCUT2D eigenvalue weighted by Crippen LogP contribution is 2.20. The lowest BCUT2D eigenvalue weighted by Crippen LogP contribution is -1.98. The van der Waals surface area contributed by atoms with E-state index in [-0.39, 0.29) is 31.0 Å². The SMILES string of the molecule is Cl.Cl.N.Nc1cccc(N)c1N. The number of anilines is 3. The summed E-state index contributed by atoms with van der Waals surface area (Å²) in [5.41, 5.74) is 17.8. The van der Waals surface area contributed by atoms with Crippen molar-refractivity contribution in [1.29, 1.82) is 0 Å². The first kappa shape index (κ1) is 17.3. The normalized spacial score (nSPS) is 7.00. The van der Waals surface area contributed by atoms with Crippen LogP contribution in [0.15, 0.2) is 18.2 Å². The van der Waals surface area contributed by atoms with Crippen LogP contribution in [0.1, 0.15) is 0 Å². The van der Waals surface area contributed by atoms with Gasteiger partial charge in [0.2, 0.25) is 0 Å². The minimum Gasteiger partial charge on any atom is -0.397 e. The first-order valence-corrected chi connectivity index (χ1v) is 2.61. The molecule has 0 fully saturated rings. The van der Waals surface area contributed by atoms with Crippen molar-refractivity contribution in [2.24, 2.45) is 0 Å². The van der Waals surface area contributed by atoms with E-state index < -0.39 is 0 Å². The molecule has 0 atom stereocenters. The van der Waals surface area contributed by atoms with Crippen LogP contribution >= 0.6 is 24.8 Å². The molecule has 0 unspecified atom stereocenters. The maximum absolute atomic E-state index is 5.43. The van der Waals surface area contributed by atoms with Gasteiger partial charge in [-0.05, 0) is 12.1 Å². The third kappa shape index (κ3) is 3.52. The Balaban J connectivity index is -0.000000270. The third-order valence-corrected chi connectivity index (χ3v) is 1.17. The molecule has 0 bridgehead atoms. The average Bonchev–Trinajstić information content (AvgIpc) is 1.83. The molecule has 0 radical (unpaired) electrons. The van der Waals surface area contributed by atoms with E-state index in [1.54, 1.807) is 18.2 Å². The number of nitrogens with two attached hydrogens (primary N) is 3. The standard InChI is InChI=1S/C6H9N3.2ClH.H3N/c7-4-2-1-3-5(8)6(4)9;;;/h1-3H,7-9H2;2*1H;1H3. The molecular weight excluding hydrogens is 199 g/mol. The molecule has 0 saturated heterocycles. The predicted molar refractivity (Wildman–Crippen MR) is 59.2 cm³/mol. The number of halogens is 2. The molecule has 6 heteroatoms. The topological polar surface area (TPSA) is 113 Å².